The summed E-state index contributed by atoms with van der Waals surface area (Å²) < 4.78 is 0. The van der Waals surface area contributed by atoms with Crippen LogP contribution in [0.3, 0.4) is 0 Å². The van der Waals surface area contributed by atoms with Crippen molar-refractivity contribution in [3.05, 3.63) is 0 Å². The highest BCUT2D eigenvalue weighted by atomic mass is 16.4. The molecule has 1 unspecified atom stereocenters. The molecule has 1 saturated carbocycles. The Balaban J connectivity index is 1.93. The van der Waals surface area contributed by atoms with E-state index in [1.54, 1.807) is 4.90 Å². The molecule has 1 atom stereocenters. The third-order valence-electron chi connectivity index (χ3n) is 4.26. The van der Waals surface area contributed by atoms with Gasteiger partial charge >= 0.3 is 6.09 Å². The molecule has 0 radical (unpaired) electrons. The Bertz CT molecular complexity index is 272. The zero-order valence-corrected chi connectivity index (χ0v) is 9.92. The maximum atomic E-state index is 10.8. The summed E-state index contributed by atoms with van der Waals surface area (Å²) in [5, 5.41) is 8.88. The van der Waals surface area contributed by atoms with Crippen LogP contribution in [0.1, 0.15) is 40.0 Å². The summed E-state index contributed by atoms with van der Waals surface area (Å²) in [7, 11) is 0. The number of amides is 1. The summed E-state index contributed by atoms with van der Waals surface area (Å²) in [4.78, 5) is 12.3. The minimum Gasteiger partial charge on any atom is -0.465 e. The molecule has 3 nitrogen and oxygen atoms in total. The minimum absolute atomic E-state index is 0.394. The number of piperidine rings is 1. The highest BCUT2D eigenvalue weighted by Crippen LogP contribution is 2.65. The van der Waals surface area contributed by atoms with Gasteiger partial charge in [0, 0.05) is 13.1 Å². The lowest BCUT2D eigenvalue weighted by Crippen LogP contribution is -2.39. The Morgan fingerprint density at radius 1 is 1.33 bits per heavy atom. The first-order valence-corrected chi connectivity index (χ1v) is 5.83. The molecule has 86 valence electrons. The largest absolute Gasteiger partial charge is 0.465 e. The summed E-state index contributed by atoms with van der Waals surface area (Å²) in [5.74, 6) is 0.806. The normalized spacial score (nSPS) is 29.3. The molecule has 0 aromatic carbocycles. The van der Waals surface area contributed by atoms with Crippen molar-refractivity contribution in [3.63, 3.8) is 0 Å². The van der Waals surface area contributed by atoms with Gasteiger partial charge in [0.15, 0.2) is 0 Å². The molecule has 15 heavy (non-hydrogen) atoms. The van der Waals surface area contributed by atoms with Gasteiger partial charge in [-0.3, -0.25) is 0 Å². The standard InChI is InChI=1S/C12H21NO2/c1-11(2,3)9-8-12(9)4-6-13(7-5-12)10(14)15/h9H,4-8H2,1-3H3,(H,14,15). The third-order valence-corrected chi connectivity index (χ3v) is 4.26. The van der Waals surface area contributed by atoms with Gasteiger partial charge in [0.2, 0.25) is 0 Å². The van der Waals surface area contributed by atoms with Crippen molar-refractivity contribution in [1.82, 2.24) is 4.90 Å². The monoisotopic (exact) mass is 211 g/mol. The third kappa shape index (κ3) is 1.84. The average molecular weight is 211 g/mol. The SMILES string of the molecule is CC(C)(C)C1CC12CCN(C(=O)O)CC2. The number of rotatable bonds is 0. The van der Waals surface area contributed by atoms with Gasteiger partial charge in [-0.25, -0.2) is 4.79 Å². The second kappa shape index (κ2) is 3.13. The van der Waals surface area contributed by atoms with Crippen molar-refractivity contribution >= 4 is 6.09 Å². The molecule has 1 N–H and O–H groups in total. The van der Waals surface area contributed by atoms with E-state index in [9.17, 15) is 4.79 Å². The van der Waals surface area contributed by atoms with Crippen molar-refractivity contribution in [2.75, 3.05) is 13.1 Å². The van der Waals surface area contributed by atoms with Crippen molar-refractivity contribution in [3.8, 4) is 0 Å². The fourth-order valence-electron chi connectivity index (χ4n) is 3.27. The van der Waals surface area contributed by atoms with Crippen molar-refractivity contribution in [2.45, 2.75) is 40.0 Å². The Hall–Kier alpha value is -0.730. The van der Waals surface area contributed by atoms with Crippen molar-refractivity contribution in [1.29, 1.82) is 0 Å². The minimum atomic E-state index is -0.752. The van der Waals surface area contributed by atoms with E-state index in [0.29, 0.717) is 10.8 Å². The molecule has 1 amide bonds. The van der Waals surface area contributed by atoms with E-state index >= 15 is 0 Å². The van der Waals surface area contributed by atoms with Crippen LogP contribution in [0.2, 0.25) is 0 Å². The van der Waals surface area contributed by atoms with Gasteiger partial charge in [-0.05, 0) is 36.0 Å². The highest BCUT2D eigenvalue weighted by Gasteiger charge is 2.59. The Kier molecular flexibility index (Phi) is 2.25. The molecule has 1 heterocycles. The fourth-order valence-corrected chi connectivity index (χ4v) is 3.27. The molecule has 1 saturated heterocycles. The van der Waals surface area contributed by atoms with Gasteiger partial charge in [0.05, 0.1) is 0 Å². The quantitative estimate of drug-likeness (QED) is 0.669. The van der Waals surface area contributed by atoms with E-state index in [0.717, 1.165) is 31.8 Å². The lowest BCUT2D eigenvalue weighted by molar-refractivity contribution is 0.110. The van der Waals surface area contributed by atoms with Gasteiger partial charge in [0.1, 0.15) is 0 Å². The maximum Gasteiger partial charge on any atom is 0.407 e. The van der Waals surface area contributed by atoms with E-state index in [1.807, 2.05) is 0 Å². The molecule has 2 fully saturated rings. The van der Waals surface area contributed by atoms with Gasteiger partial charge in [-0.15, -0.1) is 0 Å². The fraction of sp³-hybridized carbons (Fsp3) is 0.917. The topological polar surface area (TPSA) is 40.5 Å². The number of nitrogens with zero attached hydrogens (tertiary/aromatic N) is 1. The number of carboxylic acid groups (broad SMARTS) is 1. The first kappa shape index (κ1) is 10.8. The van der Waals surface area contributed by atoms with Crippen LogP contribution in [0.15, 0.2) is 0 Å². The zero-order valence-electron chi connectivity index (χ0n) is 9.92. The van der Waals surface area contributed by atoms with Crippen molar-refractivity contribution in [2.24, 2.45) is 16.7 Å². The lowest BCUT2D eigenvalue weighted by Gasteiger charge is -2.33. The number of likely N-dealkylation sites (tertiary alicyclic amines) is 1. The molecular formula is C12H21NO2. The van der Waals surface area contributed by atoms with E-state index in [-0.39, 0.29) is 0 Å². The van der Waals surface area contributed by atoms with E-state index in [4.69, 9.17) is 5.11 Å². The zero-order chi connectivity index (χ0) is 11.3. The molecule has 1 aliphatic carbocycles. The molecule has 2 aliphatic rings. The Morgan fingerprint density at radius 2 is 1.87 bits per heavy atom. The van der Waals surface area contributed by atoms with Gasteiger partial charge in [-0.2, -0.15) is 0 Å². The molecule has 1 aliphatic heterocycles. The van der Waals surface area contributed by atoms with E-state index < -0.39 is 6.09 Å². The second-order valence-corrected chi connectivity index (χ2v) is 6.25. The Labute approximate surface area is 91.5 Å². The average Bonchev–Trinajstić information content (AvgIpc) is 2.80. The van der Waals surface area contributed by atoms with E-state index in [2.05, 4.69) is 20.8 Å². The lowest BCUT2D eigenvalue weighted by atomic mass is 9.80. The molecule has 0 aromatic rings. The smallest absolute Gasteiger partial charge is 0.407 e. The predicted octanol–water partition coefficient (Wildman–Crippen LogP) is 2.81. The molecule has 0 aromatic heterocycles. The number of hydrogen-bond donors (Lipinski definition) is 1. The highest BCUT2D eigenvalue weighted by molar-refractivity contribution is 5.65. The summed E-state index contributed by atoms with van der Waals surface area (Å²) in [6.07, 6.45) is 2.70. The van der Waals surface area contributed by atoms with Crippen LogP contribution in [0.4, 0.5) is 4.79 Å². The first-order chi connectivity index (χ1) is 6.85. The molecule has 3 heteroatoms. The number of carbonyl (C=O) groups is 1. The van der Waals surface area contributed by atoms with Gasteiger partial charge in [-0.1, -0.05) is 20.8 Å². The Morgan fingerprint density at radius 3 is 2.20 bits per heavy atom. The summed E-state index contributed by atoms with van der Waals surface area (Å²) in [5.41, 5.74) is 0.885. The molecule has 0 bridgehead atoms. The molecular weight excluding hydrogens is 190 g/mol. The van der Waals surface area contributed by atoms with Gasteiger partial charge in [0.25, 0.3) is 0 Å². The van der Waals surface area contributed by atoms with Gasteiger partial charge < -0.3 is 10.0 Å². The van der Waals surface area contributed by atoms with Crippen molar-refractivity contribution < 1.29 is 9.90 Å². The first-order valence-electron chi connectivity index (χ1n) is 5.83. The van der Waals surface area contributed by atoms with Crippen LogP contribution >= 0.6 is 0 Å². The summed E-state index contributed by atoms with van der Waals surface area (Å²) in [6.45, 7) is 8.38. The second-order valence-electron chi connectivity index (χ2n) is 6.25. The van der Waals surface area contributed by atoms with E-state index in [1.165, 1.54) is 6.42 Å². The predicted molar refractivity (Wildman–Crippen MR) is 58.8 cm³/mol. The van der Waals surface area contributed by atoms with Crippen LogP contribution in [0.5, 0.6) is 0 Å². The maximum absolute atomic E-state index is 10.8. The molecule has 1 spiro atoms. The van der Waals surface area contributed by atoms with Crippen LogP contribution < -0.4 is 0 Å². The summed E-state index contributed by atoms with van der Waals surface area (Å²) >= 11 is 0. The summed E-state index contributed by atoms with van der Waals surface area (Å²) in [6, 6.07) is 0. The van der Waals surface area contributed by atoms with Crippen LogP contribution in [0.25, 0.3) is 0 Å². The van der Waals surface area contributed by atoms with Crippen LogP contribution in [-0.4, -0.2) is 29.2 Å². The molecule has 2 rings (SSSR count). The van der Waals surface area contributed by atoms with Crippen LogP contribution in [0, 0.1) is 16.7 Å². The van der Waals surface area contributed by atoms with Crippen LogP contribution in [-0.2, 0) is 0 Å². The number of hydrogen-bond acceptors (Lipinski definition) is 1.